The number of carboxylic acid groups (broad SMARTS) is 1. The lowest BCUT2D eigenvalue weighted by Gasteiger charge is -2.40. The van der Waals surface area contributed by atoms with Crippen LogP contribution in [0.4, 0.5) is 5.69 Å². The number of hydrogen-bond acceptors (Lipinski definition) is 6. The quantitative estimate of drug-likeness (QED) is 0.602. The number of carbonyl (C=O) groups is 1. The molecular formula is C25H30ClN3O4. The van der Waals surface area contributed by atoms with Crippen LogP contribution < -0.4 is 10.1 Å². The van der Waals surface area contributed by atoms with Crippen molar-refractivity contribution in [1.29, 1.82) is 0 Å². The van der Waals surface area contributed by atoms with E-state index in [1.165, 1.54) is 0 Å². The van der Waals surface area contributed by atoms with E-state index in [4.69, 9.17) is 21.3 Å². The summed E-state index contributed by atoms with van der Waals surface area (Å²) >= 11 is 6.23. The molecule has 2 aliphatic rings. The van der Waals surface area contributed by atoms with Gasteiger partial charge in [-0.1, -0.05) is 30.7 Å². The fourth-order valence-electron chi connectivity index (χ4n) is 4.88. The van der Waals surface area contributed by atoms with Crippen LogP contribution in [-0.2, 0) is 4.79 Å². The van der Waals surface area contributed by atoms with Crippen LogP contribution in [0.5, 0.6) is 11.5 Å². The van der Waals surface area contributed by atoms with Crippen LogP contribution in [0.1, 0.15) is 32.8 Å². The Hall–Kier alpha value is -2.61. The maximum absolute atomic E-state index is 12.3. The highest BCUT2D eigenvalue weighted by Gasteiger charge is 2.38. The van der Waals surface area contributed by atoms with Gasteiger partial charge in [0.1, 0.15) is 17.3 Å². The number of rotatable bonds is 5. The van der Waals surface area contributed by atoms with Crippen molar-refractivity contribution < 1.29 is 19.7 Å². The molecule has 2 heterocycles. The molecule has 0 aromatic heterocycles. The largest absolute Gasteiger partial charge is 0.481 e. The predicted molar refractivity (Wildman–Crippen MR) is 129 cm³/mol. The molecule has 1 saturated heterocycles. The smallest absolute Gasteiger partial charge is 0.308 e. The molecule has 2 aliphatic heterocycles. The van der Waals surface area contributed by atoms with E-state index >= 15 is 0 Å². The molecular weight excluding hydrogens is 442 g/mol. The molecule has 0 spiro atoms. The lowest BCUT2D eigenvalue weighted by molar-refractivity contribution is -0.145. The Bertz CT molecular complexity index is 1070. The summed E-state index contributed by atoms with van der Waals surface area (Å²) in [5.74, 6) is 0.311. The number of piperazine rings is 1. The van der Waals surface area contributed by atoms with E-state index < -0.39 is 17.5 Å². The first kappa shape index (κ1) is 23.5. The molecule has 0 aliphatic carbocycles. The van der Waals surface area contributed by atoms with Crippen molar-refractivity contribution >= 4 is 29.1 Å². The van der Waals surface area contributed by atoms with Gasteiger partial charge in [0, 0.05) is 30.7 Å². The number of nitrogens with one attached hydrogen (secondary N) is 1. The first-order valence-electron chi connectivity index (χ1n) is 11.2. The Labute approximate surface area is 199 Å². The number of amidine groups is 1. The third-order valence-electron chi connectivity index (χ3n) is 6.15. The maximum atomic E-state index is 12.3. The van der Waals surface area contributed by atoms with Gasteiger partial charge in [-0.3, -0.25) is 4.79 Å². The molecule has 2 aromatic carbocycles. The molecule has 4 rings (SSSR count). The minimum atomic E-state index is -0.938. The van der Waals surface area contributed by atoms with Crippen LogP contribution in [0.25, 0.3) is 0 Å². The monoisotopic (exact) mass is 471 g/mol. The number of halogens is 1. The number of ether oxygens (including phenoxy) is 1. The summed E-state index contributed by atoms with van der Waals surface area (Å²) < 4.78 is 6.15. The van der Waals surface area contributed by atoms with Gasteiger partial charge in [-0.15, -0.1) is 0 Å². The topological polar surface area (TPSA) is 94.4 Å². The van der Waals surface area contributed by atoms with Gasteiger partial charge in [0.05, 0.1) is 17.1 Å². The third-order valence-corrected chi connectivity index (χ3v) is 6.39. The molecule has 1 fully saturated rings. The normalized spacial score (nSPS) is 20.0. The summed E-state index contributed by atoms with van der Waals surface area (Å²) in [7, 11) is 0. The fraction of sp³-hybridized carbons (Fsp3) is 0.440. The lowest BCUT2D eigenvalue weighted by Crippen LogP contribution is -2.58. The van der Waals surface area contributed by atoms with Crippen molar-refractivity contribution in [2.24, 2.45) is 16.8 Å². The number of aliphatic imine (C=N–C) groups is 1. The Balaban J connectivity index is 1.68. The molecule has 2 aromatic rings. The minimum Gasteiger partial charge on any atom is -0.481 e. The van der Waals surface area contributed by atoms with E-state index in [0.717, 1.165) is 11.4 Å². The minimum absolute atomic E-state index is 0.217. The van der Waals surface area contributed by atoms with E-state index in [1.54, 1.807) is 32.0 Å². The van der Waals surface area contributed by atoms with Crippen molar-refractivity contribution in [2.45, 2.75) is 38.8 Å². The van der Waals surface area contributed by atoms with Crippen LogP contribution >= 0.6 is 11.6 Å². The van der Waals surface area contributed by atoms with Crippen molar-refractivity contribution in [3.05, 3.63) is 53.1 Å². The van der Waals surface area contributed by atoms with Gasteiger partial charge >= 0.3 is 5.97 Å². The molecule has 7 nitrogen and oxygen atoms in total. The number of aliphatic carboxylic acids is 1. The first-order chi connectivity index (χ1) is 15.6. The highest BCUT2D eigenvalue weighted by atomic mass is 35.5. The van der Waals surface area contributed by atoms with Gasteiger partial charge in [-0.25, -0.2) is 4.99 Å². The first-order valence-corrected chi connectivity index (χ1v) is 11.6. The number of para-hydroxylation sites is 1. The number of aliphatic hydroxyl groups is 1. The molecule has 3 atom stereocenters. The maximum Gasteiger partial charge on any atom is 0.308 e. The number of benzene rings is 2. The summed E-state index contributed by atoms with van der Waals surface area (Å²) in [5, 5.41) is 24.3. The predicted octanol–water partition coefficient (Wildman–Crippen LogP) is 4.30. The van der Waals surface area contributed by atoms with E-state index in [-0.39, 0.29) is 12.0 Å². The fourth-order valence-corrected chi connectivity index (χ4v) is 5.04. The Kier molecular flexibility index (Phi) is 6.66. The second-order valence-electron chi connectivity index (χ2n) is 9.51. The standard InChI is InChI=1S/C25H30ClN3O4/c1-15(13-25(2,3)32)22(24(30)31)19-14-29(11-10-27-19)23-17-6-4-5-7-20(17)33-21-9-8-16(26)12-18(21)28-23/h4-9,12,15,19,22,27,32H,10-11,13-14H2,1-3H3,(H,30,31)/t15-,19-,22?/m1/s1. The van der Waals surface area contributed by atoms with Gasteiger partial charge in [-0.05, 0) is 56.5 Å². The van der Waals surface area contributed by atoms with E-state index in [9.17, 15) is 15.0 Å². The number of nitrogens with zero attached hydrogens (tertiary/aromatic N) is 2. The van der Waals surface area contributed by atoms with Crippen molar-refractivity contribution in [2.75, 3.05) is 19.6 Å². The van der Waals surface area contributed by atoms with Crippen molar-refractivity contribution in [1.82, 2.24) is 10.2 Å². The molecule has 8 heteroatoms. The average Bonchev–Trinajstić information content (AvgIpc) is 2.89. The number of carboxylic acids is 1. The van der Waals surface area contributed by atoms with Crippen LogP contribution in [0.15, 0.2) is 47.5 Å². The highest BCUT2D eigenvalue weighted by molar-refractivity contribution is 6.31. The van der Waals surface area contributed by atoms with E-state index in [2.05, 4.69) is 10.2 Å². The van der Waals surface area contributed by atoms with Gasteiger partial charge < -0.3 is 25.2 Å². The summed E-state index contributed by atoms with van der Waals surface area (Å²) in [6.07, 6.45) is 0.394. The number of fused-ring (bicyclic) bond motifs is 2. The molecule has 0 bridgehead atoms. The summed E-state index contributed by atoms with van der Waals surface area (Å²) in [6.45, 7) is 7.07. The van der Waals surface area contributed by atoms with Gasteiger partial charge in [0.25, 0.3) is 0 Å². The van der Waals surface area contributed by atoms with Crippen LogP contribution in [0.3, 0.4) is 0 Å². The molecule has 176 valence electrons. The molecule has 0 saturated carbocycles. The van der Waals surface area contributed by atoms with Gasteiger partial charge in [0.2, 0.25) is 0 Å². The van der Waals surface area contributed by atoms with Crippen molar-refractivity contribution in [3.63, 3.8) is 0 Å². The Morgan fingerprint density at radius 2 is 2.06 bits per heavy atom. The SMILES string of the molecule is C[C@H](CC(C)(C)O)C(C(=O)O)[C@H]1CN(C2=Nc3cc(Cl)ccc3Oc3ccccc32)CCN1. The van der Waals surface area contributed by atoms with Crippen LogP contribution in [0.2, 0.25) is 5.02 Å². The average molecular weight is 472 g/mol. The summed E-state index contributed by atoms with van der Waals surface area (Å²) in [4.78, 5) is 19.3. The molecule has 0 amide bonds. The third kappa shape index (κ3) is 5.32. The zero-order valence-corrected chi connectivity index (χ0v) is 19.8. The van der Waals surface area contributed by atoms with Gasteiger partial charge in [-0.2, -0.15) is 0 Å². The molecule has 33 heavy (non-hydrogen) atoms. The molecule has 1 unspecified atom stereocenters. The zero-order chi connectivity index (χ0) is 23.8. The van der Waals surface area contributed by atoms with Crippen LogP contribution in [-0.4, -0.2) is 58.2 Å². The second kappa shape index (κ2) is 9.33. The van der Waals surface area contributed by atoms with Crippen LogP contribution in [0, 0.1) is 11.8 Å². The van der Waals surface area contributed by atoms with E-state index in [1.807, 2.05) is 31.2 Å². The Morgan fingerprint density at radius 1 is 1.30 bits per heavy atom. The summed E-state index contributed by atoms with van der Waals surface area (Å²) in [5.41, 5.74) is 0.544. The molecule has 3 N–H and O–H groups in total. The Morgan fingerprint density at radius 3 is 2.79 bits per heavy atom. The number of hydrogen-bond donors (Lipinski definition) is 3. The van der Waals surface area contributed by atoms with Gasteiger partial charge in [0.15, 0.2) is 5.75 Å². The highest BCUT2D eigenvalue weighted by Crippen LogP contribution is 2.40. The van der Waals surface area contributed by atoms with E-state index in [0.29, 0.717) is 48.3 Å². The lowest BCUT2D eigenvalue weighted by atomic mass is 9.80. The molecule has 0 radical (unpaired) electrons. The second-order valence-corrected chi connectivity index (χ2v) is 9.95. The zero-order valence-electron chi connectivity index (χ0n) is 19.1. The summed E-state index contributed by atoms with van der Waals surface area (Å²) in [6, 6.07) is 12.8. The van der Waals surface area contributed by atoms with Crippen molar-refractivity contribution in [3.8, 4) is 11.5 Å².